The fourth-order valence-corrected chi connectivity index (χ4v) is 4.12. The van der Waals surface area contributed by atoms with Gasteiger partial charge in [0, 0.05) is 54.8 Å². The van der Waals surface area contributed by atoms with Crippen molar-refractivity contribution in [2.75, 3.05) is 13.7 Å². The number of aryl methyl sites for hydroxylation is 1. The number of nitrogens with zero attached hydrogens (tertiary/aromatic N) is 3. The zero-order valence-electron chi connectivity index (χ0n) is 16.4. The van der Waals surface area contributed by atoms with Gasteiger partial charge >= 0.3 is 0 Å². The maximum atomic E-state index is 14.8. The van der Waals surface area contributed by atoms with Crippen molar-refractivity contribution in [2.24, 2.45) is 0 Å². The molecule has 4 rings (SSSR count). The van der Waals surface area contributed by atoms with Crippen molar-refractivity contribution in [1.29, 1.82) is 0 Å². The lowest BCUT2D eigenvalue weighted by Crippen LogP contribution is -2.30. The number of hydrogen-bond donors (Lipinski definition) is 0. The normalized spacial score (nSPS) is 16.7. The van der Waals surface area contributed by atoms with Crippen LogP contribution in [0.25, 0.3) is 0 Å². The van der Waals surface area contributed by atoms with Crippen LogP contribution in [-0.2, 0) is 13.1 Å². The number of rotatable bonds is 5. The van der Waals surface area contributed by atoms with Gasteiger partial charge in [-0.3, -0.25) is 15.0 Å². The average Bonchev–Trinajstić information content (AvgIpc) is 3.12. The monoisotopic (exact) mass is 413 g/mol. The van der Waals surface area contributed by atoms with Gasteiger partial charge in [0.15, 0.2) is 11.6 Å². The molecule has 0 N–H and O–H groups in total. The Kier molecular flexibility index (Phi) is 5.50. The second-order valence-corrected chi connectivity index (χ2v) is 7.25. The zero-order chi connectivity index (χ0) is 21.3. The summed E-state index contributed by atoms with van der Waals surface area (Å²) in [6, 6.07) is 11.9. The summed E-state index contributed by atoms with van der Waals surface area (Å²) in [4.78, 5) is 12.8. The van der Waals surface area contributed by atoms with E-state index in [0.717, 1.165) is 24.7 Å². The van der Waals surface area contributed by atoms with Crippen molar-refractivity contribution in [1.82, 2.24) is 9.47 Å². The number of hydrogen-bond acceptors (Lipinski definition) is 4. The maximum absolute atomic E-state index is 14.8. The van der Waals surface area contributed by atoms with Crippen LogP contribution in [0.3, 0.4) is 0 Å². The molecule has 1 atom stereocenters. The van der Waals surface area contributed by atoms with Crippen molar-refractivity contribution < 1.29 is 18.4 Å². The van der Waals surface area contributed by atoms with E-state index in [1.54, 1.807) is 12.1 Å². The molecule has 0 unspecified atom stereocenters. The molecule has 0 saturated carbocycles. The van der Waals surface area contributed by atoms with Crippen LogP contribution in [0, 0.1) is 21.7 Å². The molecule has 2 aromatic carbocycles. The van der Waals surface area contributed by atoms with Crippen LogP contribution in [0.15, 0.2) is 54.7 Å². The minimum Gasteiger partial charge on any atom is -0.496 e. The summed E-state index contributed by atoms with van der Waals surface area (Å²) in [7, 11) is 1.50. The highest BCUT2D eigenvalue weighted by Crippen LogP contribution is 2.36. The van der Waals surface area contributed by atoms with Gasteiger partial charge in [-0.25, -0.2) is 8.78 Å². The van der Waals surface area contributed by atoms with Crippen LogP contribution in [0.1, 0.15) is 29.3 Å². The molecule has 1 aliphatic heterocycles. The summed E-state index contributed by atoms with van der Waals surface area (Å²) in [5.74, 6) is -1.27. The molecule has 0 amide bonds. The van der Waals surface area contributed by atoms with E-state index in [-0.39, 0.29) is 17.8 Å². The number of aromatic nitrogens is 1. The van der Waals surface area contributed by atoms with Gasteiger partial charge in [0.2, 0.25) is 0 Å². The van der Waals surface area contributed by atoms with Crippen molar-refractivity contribution >= 4 is 5.69 Å². The highest BCUT2D eigenvalue weighted by atomic mass is 19.2. The minimum atomic E-state index is -0.900. The lowest BCUT2D eigenvalue weighted by Gasteiger charge is -2.31. The van der Waals surface area contributed by atoms with E-state index in [4.69, 9.17) is 4.74 Å². The number of methoxy groups -OCH3 is 1. The van der Waals surface area contributed by atoms with E-state index in [2.05, 4.69) is 0 Å². The Labute approximate surface area is 172 Å². The van der Waals surface area contributed by atoms with Crippen molar-refractivity contribution in [3.8, 4) is 5.75 Å². The first kappa shape index (κ1) is 20.0. The van der Waals surface area contributed by atoms with Gasteiger partial charge in [-0.05, 0) is 30.7 Å². The Bertz CT molecular complexity index is 1080. The number of nitro benzene ring substituents is 1. The first-order chi connectivity index (χ1) is 14.5. The molecule has 0 bridgehead atoms. The largest absolute Gasteiger partial charge is 0.496 e. The van der Waals surface area contributed by atoms with Gasteiger partial charge in [0.1, 0.15) is 5.75 Å². The van der Waals surface area contributed by atoms with E-state index in [0.29, 0.717) is 17.9 Å². The van der Waals surface area contributed by atoms with E-state index in [1.165, 1.54) is 25.3 Å². The van der Waals surface area contributed by atoms with E-state index in [1.807, 2.05) is 27.8 Å². The van der Waals surface area contributed by atoms with Crippen LogP contribution in [0.2, 0.25) is 0 Å². The number of fused-ring (bicyclic) bond motifs is 1. The predicted molar refractivity (Wildman–Crippen MR) is 107 cm³/mol. The third-order valence-corrected chi connectivity index (χ3v) is 5.48. The molecule has 8 heteroatoms. The van der Waals surface area contributed by atoms with Crippen LogP contribution in [0.4, 0.5) is 14.5 Å². The molecular formula is C22H21F2N3O3. The van der Waals surface area contributed by atoms with E-state index >= 15 is 0 Å². The molecule has 0 aliphatic carbocycles. The van der Waals surface area contributed by atoms with Crippen LogP contribution >= 0.6 is 0 Å². The number of benzene rings is 2. The molecule has 6 nitrogen and oxygen atoms in total. The lowest BCUT2D eigenvalue weighted by molar-refractivity contribution is -0.385. The van der Waals surface area contributed by atoms with Gasteiger partial charge < -0.3 is 9.30 Å². The second kappa shape index (κ2) is 8.23. The highest BCUT2D eigenvalue weighted by molar-refractivity contribution is 5.44. The molecule has 30 heavy (non-hydrogen) atoms. The molecule has 0 saturated heterocycles. The SMILES string of the molecule is COc1ccc([N+](=O)[O-])cc1CN1CCCn2cccc2[C@H]1c1cccc(F)c1F. The lowest BCUT2D eigenvalue weighted by atomic mass is 10.00. The van der Waals surface area contributed by atoms with Gasteiger partial charge in [0.05, 0.1) is 18.1 Å². The molecule has 1 aromatic heterocycles. The summed E-state index contributed by atoms with van der Waals surface area (Å²) in [5, 5.41) is 11.3. The Morgan fingerprint density at radius 3 is 2.77 bits per heavy atom. The second-order valence-electron chi connectivity index (χ2n) is 7.25. The third kappa shape index (κ3) is 3.66. The molecule has 156 valence electrons. The Morgan fingerprint density at radius 1 is 1.17 bits per heavy atom. The Morgan fingerprint density at radius 2 is 2.00 bits per heavy atom. The van der Waals surface area contributed by atoms with E-state index < -0.39 is 22.6 Å². The smallest absolute Gasteiger partial charge is 0.270 e. The van der Waals surface area contributed by atoms with E-state index in [9.17, 15) is 18.9 Å². The Hall–Kier alpha value is -3.26. The Balaban J connectivity index is 1.81. The molecule has 1 aliphatic rings. The summed E-state index contributed by atoms with van der Waals surface area (Å²) < 4.78 is 36.3. The first-order valence-electron chi connectivity index (χ1n) is 9.64. The van der Waals surface area contributed by atoms with Gasteiger partial charge in [0.25, 0.3) is 5.69 Å². The standard InChI is InChI=1S/C22H21F2N3O3/c1-30-20-9-8-16(27(28)29)13-15(20)14-26-12-4-11-25-10-3-7-19(25)22(26)17-5-2-6-18(23)21(17)24/h2-3,5-10,13,22H,4,11-12,14H2,1H3/t22-/m1/s1. The molecule has 2 heterocycles. The number of nitro groups is 1. The summed E-state index contributed by atoms with van der Waals surface area (Å²) in [6.45, 7) is 1.64. The average molecular weight is 413 g/mol. The number of non-ortho nitro benzene ring substituents is 1. The van der Waals surface area contributed by atoms with Crippen molar-refractivity contribution in [2.45, 2.75) is 25.6 Å². The van der Waals surface area contributed by atoms with Crippen LogP contribution in [-0.4, -0.2) is 28.0 Å². The molecular weight excluding hydrogens is 392 g/mol. The van der Waals surface area contributed by atoms with Gasteiger partial charge in [-0.1, -0.05) is 12.1 Å². The molecule has 3 aromatic rings. The maximum Gasteiger partial charge on any atom is 0.270 e. The van der Waals surface area contributed by atoms with Crippen LogP contribution in [0.5, 0.6) is 5.75 Å². The number of halogens is 2. The third-order valence-electron chi connectivity index (χ3n) is 5.48. The fourth-order valence-electron chi connectivity index (χ4n) is 4.12. The highest BCUT2D eigenvalue weighted by Gasteiger charge is 2.31. The van der Waals surface area contributed by atoms with Gasteiger partial charge in [-0.2, -0.15) is 0 Å². The summed E-state index contributed by atoms with van der Waals surface area (Å²) >= 11 is 0. The first-order valence-corrected chi connectivity index (χ1v) is 9.64. The zero-order valence-corrected chi connectivity index (χ0v) is 16.4. The minimum absolute atomic E-state index is 0.0440. The summed E-state index contributed by atoms with van der Waals surface area (Å²) in [5.41, 5.74) is 1.66. The predicted octanol–water partition coefficient (Wildman–Crippen LogP) is 4.68. The molecule has 0 fully saturated rings. The molecule has 0 radical (unpaired) electrons. The van der Waals surface area contributed by atoms with Crippen LogP contribution < -0.4 is 4.74 Å². The molecule has 0 spiro atoms. The fraction of sp³-hybridized carbons (Fsp3) is 0.273. The number of ether oxygens (including phenoxy) is 1. The van der Waals surface area contributed by atoms with Crippen molar-refractivity contribution in [3.05, 3.63) is 93.3 Å². The topological polar surface area (TPSA) is 60.5 Å². The summed E-state index contributed by atoms with van der Waals surface area (Å²) in [6.07, 6.45) is 2.73. The quantitative estimate of drug-likeness (QED) is 0.450. The van der Waals surface area contributed by atoms with Crippen molar-refractivity contribution in [3.63, 3.8) is 0 Å². The van der Waals surface area contributed by atoms with Gasteiger partial charge in [-0.15, -0.1) is 0 Å².